The van der Waals surface area contributed by atoms with Gasteiger partial charge in [-0.05, 0) is 15.9 Å². The van der Waals surface area contributed by atoms with E-state index in [1.807, 2.05) is 0 Å². The van der Waals surface area contributed by atoms with Gasteiger partial charge in [0.2, 0.25) is 0 Å². The maximum absolute atomic E-state index is 11.4. The number of hydrogen-bond donors (Lipinski definition) is 1. The third-order valence-electron chi connectivity index (χ3n) is 1.49. The number of aromatic nitrogens is 2. The molecule has 0 atom stereocenters. The molecule has 1 heterocycles. The van der Waals surface area contributed by atoms with Crippen molar-refractivity contribution in [2.75, 3.05) is 5.32 Å². The second-order valence-corrected chi connectivity index (χ2v) is 4.67. The van der Waals surface area contributed by atoms with Crippen LogP contribution in [0.15, 0.2) is 20.2 Å². The zero-order valence-corrected chi connectivity index (χ0v) is 11.2. The zero-order valence-electron chi connectivity index (χ0n) is 7.39. The first-order valence-electron chi connectivity index (χ1n) is 3.63. The summed E-state index contributed by atoms with van der Waals surface area (Å²) in [6, 6.07) is 0. The number of nitrogens with zero attached hydrogens (tertiary/aromatic N) is 2. The highest BCUT2D eigenvalue weighted by molar-refractivity contribution is 9.10. The van der Waals surface area contributed by atoms with Crippen LogP contribution in [0.3, 0.4) is 0 Å². The number of anilines is 1. The summed E-state index contributed by atoms with van der Waals surface area (Å²) in [5.74, 6) is -0.131. The first-order chi connectivity index (χ1) is 6.93. The molecule has 0 fully saturated rings. The van der Waals surface area contributed by atoms with Crippen LogP contribution in [0, 0.1) is 0 Å². The molecule has 82 valence electrons. The van der Waals surface area contributed by atoms with E-state index in [0.29, 0.717) is 10.3 Å². The molecule has 0 aromatic carbocycles. The van der Waals surface area contributed by atoms with Gasteiger partial charge in [0.25, 0.3) is 5.91 Å². The van der Waals surface area contributed by atoms with Gasteiger partial charge in [-0.1, -0.05) is 34.8 Å². The number of carbonyl (C=O) groups excluding carboxylic acids is 1. The van der Waals surface area contributed by atoms with Crippen LogP contribution in [-0.2, 0) is 11.8 Å². The number of rotatable bonds is 2. The molecule has 4 nitrogen and oxygen atoms in total. The van der Waals surface area contributed by atoms with Crippen molar-refractivity contribution in [1.29, 1.82) is 0 Å². The summed E-state index contributed by atoms with van der Waals surface area (Å²) in [5.41, 5.74) is 0. The molecule has 0 unspecified atom stereocenters. The van der Waals surface area contributed by atoms with E-state index >= 15 is 0 Å². The van der Waals surface area contributed by atoms with Gasteiger partial charge in [-0.25, -0.2) is 0 Å². The van der Waals surface area contributed by atoms with E-state index in [2.05, 4.69) is 26.3 Å². The SMILES string of the molecule is Cn1ncc(Br)c1NC(=O)C(Cl)=C(Cl)Cl. The van der Waals surface area contributed by atoms with E-state index < -0.39 is 5.91 Å². The Bertz CT molecular complexity index is 406. The van der Waals surface area contributed by atoms with Gasteiger partial charge < -0.3 is 5.32 Å². The van der Waals surface area contributed by atoms with Gasteiger partial charge in [-0.2, -0.15) is 5.10 Å². The average molecular weight is 333 g/mol. The Labute approximate surface area is 109 Å². The quantitative estimate of drug-likeness (QED) is 0.846. The summed E-state index contributed by atoms with van der Waals surface area (Å²) in [5, 5.41) is 6.13. The Morgan fingerprint density at radius 2 is 2.13 bits per heavy atom. The lowest BCUT2D eigenvalue weighted by atomic mass is 10.5. The number of hydrogen-bond acceptors (Lipinski definition) is 2. The third kappa shape index (κ3) is 3.11. The van der Waals surface area contributed by atoms with Gasteiger partial charge in [0.05, 0.1) is 10.7 Å². The van der Waals surface area contributed by atoms with Gasteiger partial charge in [-0.3, -0.25) is 9.48 Å². The predicted molar refractivity (Wildman–Crippen MR) is 64.1 cm³/mol. The maximum atomic E-state index is 11.4. The summed E-state index contributed by atoms with van der Waals surface area (Å²) in [7, 11) is 1.67. The van der Waals surface area contributed by atoms with E-state index in [0.717, 1.165) is 0 Å². The Hall–Kier alpha value is -0.230. The highest BCUT2D eigenvalue weighted by Gasteiger charge is 2.14. The van der Waals surface area contributed by atoms with Gasteiger partial charge >= 0.3 is 0 Å². The van der Waals surface area contributed by atoms with Crippen LogP contribution >= 0.6 is 50.7 Å². The molecule has 15 heavy (non-hydrogen) atoms. The fourth-order valence-corrected chi connectivity index (χ4v) is 1.47. The highest BCUT2D eigenvalue weighted by atomic mass is 79.9. The van der Waals surface area contributed by atoms with Crippen molar-refractivity contribution < 1.29 is 4.79 Å². The predicted octanol–water partition coefficient (Wildman–Crippen LogP) is 3.01. The Morgan fingerprint density at radius 3 is 2.53 bits per heavy atom. The van der Waals surface area contributed by atoms with Crippen molar-refractivity contribution in [1.82, 2.24) is 9.78 Å². The Morgan fingerprint density at radius 1 is 1.53 bits per heavy atom. The summed E-state index contributed by atoms with van der Waals surface area (Å²) in [6.07, 6.45) is 1.54. The molecule has 0 saturated heterocycles. The molecular weight excluding hydrogens is 328 g/mol. The molecule has 1 aromatic rings. The minimum atomic E-state index is -0.596. The number of nitrogens with one attached hydrogen (secondary N) is 1. The van der Waals surface area contributed by atoms with Gasteiger partial charge in [0.15, 0.2) is 0 Å². The second-order valence-electron chi connectivity index (χ2n) is 2.49. The molecular formula is C7H5BrCl3N3O. The van der Waals surface area contributed by atoms with Crippen LogP contribution in [-0.4, -0.2) is 15.7 Å². The average Bonchev–Trinajstić information content (AvgIpc) is 2.47. The monoisotopic (exact) mass is 331 g/mol. The zero-order chi connectivity index (χ0) is 11.6. The van der Waals surface area contributed by atoms with E-state index in [4.69, 9.17) is 34.8 Å². The first kappa shape index (κ1) is 12.8. The first-order valence-corrected chi connectivity index (χ1v) is 5.55. The molecule has 0 aliphatic heterocycles. The fraction of sp³-hybridized carbons (Fsp3) is 0.143. The van der Waals surface area contributed by atoms with Crippen LogP contribution in [0.5, 0.6) is 0 Å². The van der Waals surface area contributed by atoms with Crippen molar-refractivity contribution in [3.8, 4) is 0 Å². The van der Waals surface area contributed by atoms with Crippen molar-refractivity contribution in [2.45, 2.75) is 0 Å². The molecule has 0 aliphatic rings. The lowest BCUT2D eigenvalue weighted by Gasteiger charge is -2.05. The van der Waals surface area contributed by atoms with E-state index in [-0.39, 0.29) is 9.52 Å². The molecule has 0 saturated carbocycles. The number of amides is 1. The topological polar surface area (TPSA) is 46.9 Å². The molecule has 1 aromatic heterocycles. The van der Waals surface area contributed by atoms with Crippen LogP contribution in [0.25, 0.3) is 0 Å². The van der Waals surface area contributed by atoms with Crippen LogP contribution in [0.1, 0.15) is 0 Å². The highest BCUT2D eigenvalue weighted by Crippen LogP contribution is 2.23. The number of carbonyl (C=O) groups is 1. The number of halogens is 4. The molecule has 1 N–H and O–H groups in total. The second kappa shape index (κ2) is 5.21. The molecule has 1 amide bonds. The van der Waals surface area contributed by atoms with Crippen molar-refractivity contribution >= 4 is 62.5 Å². The molecule has 0 aliphatic carbocycles. The van der Waals surface area contributed by atoms with Crippen LogP contribution in [0.2, 0.25) is 0 Å². The minimum absolute atomic E-state index is 0.272. The summed E-state index contributed by atoms with van der Waals surface area (Å²) in [4.78, 5) is 11.4. The molecule has 0 bridgehead atoms. The normalized spacial score (nSPS) is 9.93. The Kier molecular flexibility index (Phi) is 4.45. The van der Waals surface area contributed by atoms with E-state index in [1.54, 1.807) is 7.05 Å². The summed E-state index contributed by atoms with van der Waals surface area (Å²) < 4.78 is 1.81. The molecule has 8 heteroatoms. The fourth-order valence-electron chi connectivity index (χ4n) is 0.800. The lowest BCUT2D eigenvalue weighted by molar-refractivity contribution is -0.112. The Balaban J connectivity index is 2.89. The molecule has 1 rings (SSSR count). The standard InChI is InChI=1S/C7H5BrCl3N3O/c1-14-6(3(8)2-12-14)13-7(15)4(9)5(10)11/h2H,1H3,(H,13,15). The van der Waals surface area contributed by atoms with Gasteiger partial charge in [-0.15, -0.1) is 0 Å². The van der Waals surface area contributed by atoms with Crippen molar-refractivity contribution in [3.63, 3.8) is 0 Å². The molecule has 0 spiro atoms. The van der Waals surface area contributed by atoms with E-state index in [9.17, 15) is 4.79 Å². The van der Waals surface area contributed by atoms with Crippen molar-refractivity contribution in [3.05, 3.63) is 20.2 Å². The van der Waals surface area contributed by atoms with Crippen LogP contribution < -0.4 is 5.32 Å². The lowest BCUT2D eigenvalue weighted by Crippen LogP contribution is -2.15. The number of aryl methyl sites for hydroxylation is 1. The largest absolute Gasteiger partial charge is 0.305 e. The smallest absolute Gasteiger partial charge is 0.270 e. The van der Waals surface area contributed by atoms with Gasteiger partial charge in [0.1, 0.15) is 15.3 Å². The summed E-state index contributed by atoms with van der Waals surface area (Å²) >= 11 is 19.5. The summed E-state index contributed by atoms with van der Waals surface area (Å²) in [6.45, 7) is 0. The van der Waals surface area contributed by atoms with Crippen LogP contribution in [0.4, 0.5) is 5.82 Å². The maximum Gasteiger partial charge on any atom is 0.270 e. The minimum Gasteiger partial charge on any atom is -0.305 e. The van der Waals surface area contributed by atoms with Gasteiger partial charge in [0, 0.05) is 7.05 Å². The van der Waals surface area contributed by atoms with Crippen molar-refractivity contribution in [2.24, 2.45) is 7.05 Å². The van der Waals surface area contributed by atoms with E-state index in [1.165, 1.54) is 10.9 Å². The third-order valence-corrected chi connectivity index (χ3v) is 3.00. The molecule has 0 radical (unpaired) electrons.